The van der Waals surface area contributed by atoms with Crippen LogP contribution in [0.3, 0.4) is 0 Å². The molecule has 0 saturated heterocycles. The molecule has 0 fully saturated rings. The Morgan fingerprint density at radius 2 is 2.00 bits per heavy atom. The van der Waals surface area contributed by atoms with Crippen LogP contribution in [-0.2, 0) is 12.7 Å². The molecule has 8 heteroatoms. The fraction of sp³-hybridized carbons (Fsp3) is 0.231. The highest BCUT2D eigenvalue weighted by atomic mass is 32.1. The third-order valence-corrected chi connectivity index (χ3v) is 3.76. The molecule has 0 aliphatic rings. The van der Waals surface area contributed by atoms with Gasteiger partial charge in [-0.1, -0.05) is 0 Å². The molecular weight excluding hydrogens is 305 g/mol. The van der Waals surface area contributed by atoms with E-state index in [0.717, 1.165) is 21.9 Å². The first-order valence-electron chi connectivity index (χ1n) is 5.92. The van der Waals surface area contributed by atoms with Crippen LogP contribution in [0, 0.1) is 17.0 Å². The van der Waals surface area contributed by atoms with Gasteiger partial charge in [-0.3, -0.25) is 10.1 Å². The van der Waals surface area contributed by atoms with Crippen molar-refractivity contribution in [1.82, 2.24) is 0 Å². The van der Waals surface area contributed by atoms with Gasteiger partial charge in [0, 0.05) is 28.1 Å². The second kappa shape index (κ2) is 5.72. The fourth-order valence-corrected chi connectivity index (χ4v) is 2.63. The Balaban J connectivity index is 2.23. The number of nitro benzene ring substituents is 1. The Labute approximate surface area is 122 Å². The molecule has 1 aromatic carbocycles. The molecule has 0 spiro atoms. The summed E-state index contributed by atoms with van der Waals surface area (Å²) in [6.45, 7) is 2.30. The quantitative estimate of drug-likeness (QED) is 0.662. The Kier molecular flexibility index (Phi) is 4.17. The maximum atomic E-state index is 12.8. The number of alkyl halides is 3. The van der Waals surface area contributed by atoms with Crippen LogP contribution in [-0.4, -0.2) is 4.92 Å². The van der Waals surface area contributed by atoms with E-state index in [1.807, 2.05) is 19.1 Å². The molecular formula is C13H11F3N2O2S. The van der Waals surface area contributed by atoms with Gasteiger partial charge in [0.15, 0.2) is 0 Å². The smallest absolute Gasteiger partial charge is 0.380 e. The molecule has 0 unspecified atom stereocenters. The summed E-state index contributed by atoms with van der Waals surface area (Å²) in [5.41, 5.74) is -2.00. The number of hydrogen-bond acceptors (Lipinski definition) is 4. The van der Waals surface area contributed by atoms with Crippen LogP contribution in [0.15, 0.2) is 30.3 Å². The van der Waals surface area contributed by atoms with E-state index < -0.39 is 22.4 Å². The molecule has 0 amide bonds. The Hall–Kier alpha value is -2.09. The largest absolute Gasteiger partial charge is 0.423 e. The van der Waals surface area contributed by atoms with Gasteiger partial charge in [0.1, 0.15) is 5.56 Å². The molecule has 1 aromatic heterocycles. The molecule has 4 nitrogen and oxygen atoms in total. The maximum Gasteiger partial charge on any atom is 0.423 e. The normalized spacial score (nSPS) is 11.4. The predicted molar refractivity (Wildman–Crippen MR) is 74.5 cm³/mol. The summed E-state index contributed by atoms with van der Waals surface area (Å²) in [7, 11) is 0. The maximum absolute atomic E-state index is 12.8. The summed E-state index contributed by atoms with van der Waals surface area (Å²) in [6, 6.07) is 6.69. The van der Waals surface area contributed by atoms with Gasteiger partial charge < -0.3 is 5.32 Å². The highest BCUT2D eigenvalue weighted by Gasteiger charge is 2.38. The van der Waals surface area contributed by atoms with E-state index in [0.29, 0.717) is 6.54 Å². The molecule has 2 rings (SSSR count). The van der Waals surface area contributed by atoms with Gasteiger partial charge in [-0.05, 0) is 31.2 Å². The monoisotopic (exact) mass is 316 g/mol. The van der Waals surface area contributed by atoms with Crippen LogP contribution < -0.4 is 5.32 Å². The van der Waals surface area contributed by atoms with Crippen LogP contribution in [0.5, 0.6) is 0 Å². The zero-order valence-corrected chi connectivity index (χ0v) is 11.7. The van der Waals surface area contributed by atoms with E-state index in [1.165, 1.54) is 17.4 Å². The fourth-order valence-electron chi connectivity index (χ4n) is 1.80. The average molecular weight is 316 g/mol. The molecule has 0 saturated carbocycles. The molecule has 21 heavy (non-hydrogen) atoms. The van der Waals surface area contributed by atoms with E-state index in [-0.39, 0.29) is 5.69 Å². The van der Waals surface area contributed by atoms with Gasteiger partial charge >= 0.3 is 6.18 Å². The minimum atomic E-state index is -4.76. The molecule has 0 atom stereocenters. The van der Waals surface area contributed by atoms with Crippen LogP contribution in [0.25, 0.3) is 0 Å². The molecule has 1 heterocycles. The summed E-state index contributed by atoms with van der Waals surface area (Å²) >= 11 is 1.53. The average Bonchev–Trinajstić information content (AvgIpc) is 2.81. The first-order chi connectivity index (χ1) is 9.77. The van der Waals surface area contributed by atoms with Crippen molar-refractivity contribution in [2.24, 2.45) is 0 Å². The van der Waals surface area contributed by atoms with Crippen LogP contribution >= 0.6 is 11.3 Å². The third-order valence-electron chi connectivity index (χ3n) is 2.76. The van der Waals surface area contributed by atoms with Gasteiger partial charge in [-0.25, -0.2) is 0 Å². The van der Waals surface area contributed by atoms with E-state index in [2.05, 4.69) is 5.32 Å². The van der Waals surface area contributed by atoms with Gasteiger partial charge in [-0.15, -0.1) is 11.3 Å². The van der Waals surface area contributed by atoms with Crippen molar-refractivity contribution in [3.63, 3.8) is 0 Å². The SMILES string of the molecule is Cc1ccc(CNc2ccc([N+](=O)[O-])c(C(F)(F)F)c2)s1. The molecule has 1 N–H and O–H groups in total. The molecule has 112 valence electrons. The lowest BCUT2D eigenvalue weighted by Gasteiger charge is -2.10. The van der Waals surface area contributed by atoms with Crippen molar-refractivity contribution in [1.29, 1.82) is 0 Å². The van der Waals surface area contributed by atoms with Crippen molar-refractivity contribution in [2.45, 2.75) is 19.6 Å². The predicted octanol–water partition coefficient (Wildman–Crippen LogP) is 4.60. The molecule has 2 aromatic rings. The lowest BCUT2D eigenvalue weighted by molar-refractivity contribution is -0.388. The zero-order chi connectivity index (χ0) is 15.6. The number of aryl methyl sites for hydroxylation is 1. The lowest BCUT2D eigenvalue weighted by atomic mass is 10.1. The summed E-state index contributed by atoms with van der Waals surface area (Å²) < 4.78 is 38.5. The molecule has 0 bridgehead atoms. The van der Waals surface area contributed by atoms with Crippen molar-refractivity contribution < 1.29 is 18.1 Å². The minimum Gasteiger partial charge on any atom is -0.380 e. The van der Waals surface area contributed by atoms with E-state index in [4.69, 9.17) is 0 Å². The Morgan fingerprint density at radius 3 is 2.52 bits per heavy atom. The van der Waals surface area contributed by atoms with Gasteiger partial charge in [0.25, 0.3) is 5.69 Å². The second-order valence-corrected chi connectivity index (χ2v) is 5.73. The zero-order valence-electron chi connectivity index (χ0n) is 10.9. The van der Waals surface area contributed by atoms with Crippen molar-refractivity contribution in [2.75, 3.05) is 5.32 Å². The molecule has 0 aliphatic carbocycles. The summed E-state index contributed by atoms with van der Waals surface area (Å²) in [6.07, 6.45) is -4.76. The van der Waals surface area contributed by atoms with Crippen LogP contribution in [0.2, 0.25) is 0 Å². The number of halogens is 3. The van der Waals surface area contributed by atoms with Crippen LogP contribution in [0.4, 0.5) is 24.5 Å². The summed E-state index contributed by atoms with van der Waals surface area (Å²) in [5, 5.41) is 13.5. The number of nitro groups is 1. The van der Waals surface area contributed by atoms with Crippen molar-refractivity contribution >= 4 is 22.7 Å². The number of benzene rings is 1. The number of thiophene rings is 1. The first kappa shape index (κ1) is 15.3. The number of nitrogens with zero attached hydrogens (tertiary/aromatic N) is 1. The lowest BCUT2D eigenvalue weighted by Crippen LogP contribution is -2.10. The number of rotatable bonds is 4. The van der Waals surface area contributed by atoms with E-state index in [9.17, 15) is 23.3 Å². The van der Waals surface area contributed by atoms with E-state index >= 15 is 0 Å². The number of anilines is 1. The summed E-state index contributed by atoms with van der Waals surface area (Å²) in [4.78, 5) is 11.7. The summed E-state index contributed by atoms with van der Waals surface area (Å²) in [5.74, 6) is 0. The first-order valence-corrected chi connectivity index (χ1v) is 6.74. The molecule has 0 radical (unpaired) electrons. The Bertz CT molecular complexity index is 668. The Morgan fingerprint density at radius 1 is 1.29 bits per heavy atom. The number of hydrogen-bond donors (Lipinski definition) is 1. The van der Waals surface area contributed by atoms with Crippen molar-refractivity contribution in [3.8, 4) is 0 Å². The van der Waals surface area contributed by atoms with Gasteiger partial charge in [0.05, 0.1) is 4.92 Å². The van der Waals surface area contributed by atoms with E-state index in [1.54, 1.807) is 0 Å². The van der Waals surface area contributed by atoms with Crippen LogP contribution in [0.1, 0.15) is 15.3 Å². The second-order valence-electron chi connectivity index (χ2n) is 4.35. The topological polar surface area (TPSA) is 55.2 Å². The minimum absolute atomic E-state index is 0.193. The highest BCUT2D eigenvalue weighted by Crippen LogP contribution is 2.37. The van der Waals surface area contributed by atoms with Crippen molar-refractivity contribution in [3.05, 3.63) is 55.8 Å². The highest BCUT2D eigenvalue weighted by molar-refractivity contribution is 7.11. The standard InChI is InChI=1S/C13H11F3N2O2S/c1-8-2-4-10(21-8)7-17-9-3-5-12(18(19)20)11(6-9)13(14,15)16/h2-6,17H,7H2,1H3. The number of nitrogens with one attached hydrogen (secondary N) is 1. The van der Waals surface area contributed by atoms with Gasteiger partial charge in [0.2, 0.25) is 0 Å². The molecule has 0 aliphatic heterocycles. The van der Waals surface area contributed by atoms with Gasteiger partial charge in [-0.2, -0.15) is 13.2 Å². The third kappa shape index (κ3) is 3.72.